The average Bonchev–Trinajstić information content (AvgIpc) is 2.45. The Labute approximate surface area is 120 Å². The van der Waals surface area contributed by atoms with Gasteiger partial charge in [0.25, 0.3) is 0 Å². The lowest BCUT2D eigenvalue weighted by Crippen LogP contribution is -2.24. The summed E-state index contributed by atoms with van der Waals surface area (Å²) >= 11 is 0. The fourth-order valence-electron chi connectivity index (χ4n) is 2.46. The van der Waals surface area contributed by atoms with Crippen molar-refractivity contribution in [2.45, 2.75) is 38.0 Å². The van der Waals surface area contributed by atoms with Crippen molar-refractivity contribution < 1.29 is 18.3 Å². The molecule has 21 heavy (non-hydrogen) atoms. The van der Waals surface area contributed by atoms with Gasteiger partial charge in [0.15, 0.2) is 0 Å². The number of rotatable bonds is 4. The fraction of sp³-hybridized carbons (Fsp3) is 0.615. The Balaban J connectivity index is 2.02. The smallest absolute Gasteiger partial charge is 0.393 e. The van der Waals surface area contributed by atoms with E-state index in [-0.39, 0.29) is 17.7 Å². The number of nitrogen functional groups attached to an aromatic ring is 1. The normalized spacial score (nSPS) is 22.9. The van der Waals surface area contributed by atoms with Crippen LogP contribution in [0.25, 0.3) is 0 Å². The van der Waals surface area contributed by atoms with Crippen molar-refractivity contribution >= 4 is 11.6 Å². The van der Waals surface area contributed by atoms with Crippen molar-refractivity contribution in [1.82, 2.24) is 4.98 Å². The number of aliphatic hydroxyl groups is 1. The molecule has 118 valence electrons. The lowest BCUT2D eigenvalue weighted by molar-refractivity contribution is -0.137. The Morgan fingerprint density at radius 3 is 2.38 bits per heavy atom. The summed E-state index contributed by atoms with van der Waals surface area (Å²) in [7, 11) is 0. The Kier molecular flexibility index (Phi) is 4.89. The minimum Gasteiger partial charge on any atom is -0.393 e. The lowest BCUT2D eigenvalue weighted by Gasteiger charge is -2.25. The van der Waals surface area contributed by atoms with Crippen LogP contribution in [0.4, 0.5) is 24.8 Å². The van der Waals surface area contributed by atoms with Crippen molar-refractivity contribution in [3.8, 4) is 0 Å². The van der Waals surface area contributed by atoms with E-state index in [1.807, 2.05) is 0 Å². The number of anilines is 2. The molecule has 1 saturated carbocycles. The molecule has 1 fully saturated rings. The minimum atomic E-state index is -4.44. The predicted octanol–water partition coefficient (Wildman–Crippen LogP) is 2.35. The summed E-state index contributed by atoms with van der Waals surface area (Å²) in [5, 5.41) is 12.4. The third-order valence-electron chi connectivity index (χ3n) is 3.69. The van der Waals surface area contributed by atoms with Crippen LogP contribution in [-0.2, 0) is 6.18 Å². The van der Waals surface area contributed by atoms with Crippen molar-refractivity contribution in [1.29, 1.82) is 0 Å². The zero-order valence-electron chi connectivity index (χ0n) is 11.5. The maximum atomic E-state index is 12.8. The number of nitrogens with two attached hydrogens (primary N) is 1. The van der Waals surface area contributed by atoms with E-state index in [9.17, 15) is 18.3 Å². The van der Waals surface area contributed by atoms with Gasteiger partial charge in [0, 0.05) is 6.54 Å². The van der Waals surface area contributed by atoms with Gasteiger partial charge in [-0.3, -0.25) is 0 Å². The van der Waals surface area contributed by atoms with Crippen LogP contribution in [0.15, 0.2) is 12.1 Å². The quantitative estimate of drug-likeness (QED) is 0.507. The van der Waals surface area contributed by atoms with Gasteiger partial charge in [0.05, 0.1) is 11.7 Å². The number of aromatic nitrogens is 1. The van der Waals surface area contributed by atoms with Crippen LogP contribution >= 0.6 is 0 Å². The highest BCUT2D eigenvalue weighted by molar-refractivity contribution is 5.49. The number of halogens is 3. The summed E-state index contributed by atoms with van der Waals surface area (Å²) in [6.45, 7) is 0.533. The third-order valence-corrected chi connectivity index (χ3v) is 3.69. The first-order chi connectivity index (χ1) is 9.88. The molecule has 0 amide bonds. The summed E-state index contributed by atoms with van der Waals surface area (Å²) < 4.78 is 38.3. The van der Waals surface area contributed by atoms with Gasteiger partial charge in [-0.05, 0) is 43.7 Å². The highest BCUT2D eigenvalue weighted by atomic mass is 19.4. The summed E-state index contributed by atoms with van der Waals surface area (Å²) in [5.41, 5.74) is 1.34. The van der Waals surface area contributed by atoms with Gasteiger partial charge in [-0.2, -0.15) is 13.2 Å². The fourth-order valence-corrected chi connectivity index (χ4v) is 2.46. The standard InChI is InChI=1S/C13H19F3N4O/c14-13(15,16)9-5-11(19-12(6-9)20-17)18-7-8-1-3-10(21)4-2-8/h5-6,8,10,21H,1-4,7,17H2,(H2,18,19,20). The molecule has 5 N–H and O–H groups in total. The molecule has 0 aliphatic heterocycles. The first-order valence-electron chi connectivity index (χ1n) is 6.86. The first kappa shape index (κ1) is 15.8. The van der Waals surface area contributed by atoms with Crippen LogP contribution in [-0.4, -0.2) is 22.7 Å². The van der Waals surface area contributed by atoms with E-state index in [0.717, 1.165) is 37.8 Å². The molecular formula is C13H19F3N4O. The van der Waals surface area contributed by atoms with Crippen molar-refractivity contribution in [3.05, 3.63) is 17.7 Å². The highest BCUT2D eigenvalue weighted by Crippen LogP contribution is 2.32. The average molecular weight is 304 g/mol. The molecule has 1 aromatic rings. The van der Waals surface area contributed by atoms with Gasteiger partial charge < -0.3 is 15.8 Å². The van der Waals surface area contributed by atoms with Crippen LogP contribution in [0.1, 0.15) is 31.2 Å². The Morgan fingerprint density at radius 1 is 1.19 bits per heavy atom. The molecule has 1 aliphatic carbocycles. The summed E-state index contributed by atoms with van der Waals surface area (Å²) in [4.78, 5) is 3.97. The number of hydrogen-bond donors (Lipinski definition) is 4. The van der Waals surface area contributed by atoms with Crippen molar-refractivity contribution in [2.24, 2.45) is 11.8 Å². The van der Waals surface area contributed by atoms with Crippen LogP contribution in [0.3, 0.4) is 0 Å². The van der Waals surface area contributed by atoms with E-state index in [1.54, 1.807) is 0 Å². The Hall–Kier alpha value is -1.54. The van der Waals surface area contributed by atoms with Gasteiger partial charge in [-0.15, -0.1) is 0 Å². The Morgan fingerprint density at radius 2 is 1.81 bits per heavy atom. The maximum Gasteiger partial charge on any atom is 0.416 e. The number of alkyl halides is 3. The summed E-state index contributed by atoms with van der Waals surface area (Å²) in [6, 6.07) is 1.83. The minimum absolute atomic E-state index is 0.0357. The molecule has 1 aromatic heterocycles. The zero-order chi connectivity index (χ0) is 15.5. The molecule has 8 heteroatoms. The molecular weight excluding hydrogens is 285 g/mol. The molecule has 1 heterocycles. The molecule has 0 aromatic carbocycles. The molecule has 0 atom stereocenters. The van der Waals surface area contributed by atoms with E-state index >= 15 is 0 Å². The lowest BCUT2D eigenvalue weighted by atomic mass is 9.87. The Bertz CT molecular complexity index is 473. The van der Waals surface area contributed by atoms with Crippen molar-refractivity contribution in [3.63, 3.8) is 0 Å². The van der Waals surface area contributed by atoms with E-state index in [4.69, 9.17) is 5.84 Å². The first-order valence-corrected chi connectivity index (χ1v) is 6.86. The van der Waals surface area contributed by atoms with E-state index in [2.05, 4.69) is 15.7 Å². The topological polar surface area (TPSA) is 83.2 Å². The van der Waals surface area contributed by atoms with E-state index in [0.29, 0.717) is 12.5 Å². The second-order valence-corrected chi connectivity index (χ2v) is 5.32. The van der Waals surface area contributed by atoms with E-state index < -0.39 is 11.7 Å². The molecule has 0 radical (unpaired) electrons. The van der Waals surface area contributed by atoms with Crippen LogP contribution in [0.5, 0.6) is 0 Å². The predicted molar refractivity (Wildman–Crippen MR) is 73.5 cm³/mol. The van der Waals surface area contributed by atoms with Gasteiger partial charge in [0.1, 0.15) is 11.6 Å². The molecule has 1 aliphatic rings. The van der Waals surface area contributed by atoms with Gasteiger partial charge in [0.2, 0.25) is 0 Å². The SMILES string of the molecule is NNc1cc(C(F)(F)F)cc(NCC2CCC(O)CC2)n1. The van der Waals surface area contributed by atoms with Crippen LogP contribution in [0.2, 0.25) is 0 Å². The molecule has 0 spiro atoms. The number of nitrogens with one attached hydrogen (secondary N) is 2. The van der Waals surface area contributed by atoms with E-state index in [1.165, 1.54) is 0 Å². The van der Waals surface area contributed by atoms with Crippen molar-refractivity contribution in [2.75, 3.05) is 17.3 Å². The molecule has 5 nitrogen and oxygen atoms in total. The van der Waals surface area contributed by atoms with Crippen LogP contribution in [0, 0.1) is 5.92 Å². The van der Waals surface area contributed by atoms with Gasteiger partial charge >= 0.3 is 6.18 Å². The summed E-state index contributed by atoms with van der Waals surface area (Å²) in [5.74, 6) is 5.59. The van der Waals surface area contributed by atoms with Gasteiger partial charge in [-0.25, -0.2) is 10.8 Å². The third kappa shape index (κ3) is 4.47. The molecule has 0 unspecified atom stereocenters. The number of aliphatic hydroxyl groups excluding tert-OH is 1. The molecule has 0 saturated heterocycles. The number of pyridine rings is 1. The zero-order valence-corrected chi connectivity index (χ0v) is 11.5. The summed E-state index contributed by atoms with van der Waals surface area (Å²) in [6.07, 6.45) is -1.51. The second kappa shape index (κ2) is 6.48. The number of nitrogens with zero attached hydrogens (tertiary/aromatic N) is 1. The number of hydrogen-bond acceptors (Lipinski definition) is 5. The number of hydrazine groups is 1. The van der Waals surface area contributed by atoms with Crippen LogP contribution < -0.4 is 16.6 Å². The monoisotopic (exact) mass is 304 g/mol. The molecule has 2 rings (SSSR count). The second-order valence-electron chi connectivity index (χ2n) is 5.32. The largest absolute Gasteiger partial charge is 0.416 e. The van der Waals surface area contributed by atoms with Gasteiger partial charge in [-0.1, -0.05) is 0 Å². The molecule has 0 bridgehead atoms. The maximum absolute atomic E-state index is 12.8. The highest BCUT2D eigenvalue weighted by Gasteiger charge is 2.31.